The van der Waals surface area contributed by atoms with Crippen LogP contribution in [0.2, 0.25) is 0 Å². The summed E-state index contributed by atoms with van der Waals surface area (Å²) in [4.78, 5) is 10.8. The quantitative estimate of drug-likeness (QED) is 0.800. The van der Waals surface area contributed by atoms with Crippen molar-refractivity contribution in [3.8, 4) is 5.75 Å². The third-order valence-corrected chi connectivity index (χ3v) is 2.07. The molecule has 5 nitrogen and oxygen atoms in total. The van der Waals surface area contributed by atoms with Crippen molar-refractivity contribution < 1.29 is 14.6 Å². The van der Waals surface area contributed by atoms with Gasteiger partial charge in [-0.05, 0) is 19.1 Å². The average Bonchev–Trinajstić information content (AvgIpc) is 2.65. The Morgan fingerprint density at radius 1 is 1.60 bits per heavy atom. The number of nitrogens with one attached hydrogen (secondary N) is 1. The average molecular weight is 206 g/mol. The van der Waals surface area contributed by atoms with Crippen molar-refractivity contribution in [2.24, 2.45) is 0 Å². The highest BCUT2D eigenvalue weighted by Gasteiger charge is 2.10. The van der Waals surface area contributed by atoms with Gasteiger partial charge in [-0.2, -0.15) is 5.10 Å². The summed E-state index contributed by atoms with van der Waals surface area (Å²) >= 11 is 0. The highest BCUT2D eigenvalue weighted by molar-refractivity contribution is 5.95. The van der Waals surface area contributed by atoms with Gasteiger partial charge >= 0.3 is 5.97 Å². The van der Waals surface area contributed by atoms with E-state index in [4.69, 9.17) is 9.84 Å². The summed E-state index contributed by atoms with van der Waals surface area (Å²) < 4.78 is 5.34. The molecule has 1 aromatic heterocycles. The van der Waals surface area contributed by atoms with Crippen LogP contribution in [-0.2, 0) is 0 Å². The molecule has 0 bridgehead atoms. The van der Waals surface area contributed by atoms with Gasteiger partial charge in [-0.25, -0.2) is 4.79 Å². The predicted octanol–water partition coefficient (Wildman–Crippen LogP) is 1.66. The molecule has 0 amide bonds. The first-order chi connectivity index (χ1) is 7.22. The van der Waals surface area contributed by atoms with Crippen molar-refractivity contribution in [1.82, 2.24) is 10.2 Å². The highest BCUT2D eigenvalue weighted by Crippen LogP contribution is 2.26. The Morgan fingerprint density at radius 3 is 3.07 bits per heavy atom. The first-order valence-corrected chi connectivity index (χ1v) is 4.55. The third-order valence-electron chi connectivity index (χ3n) is 2.07. The molecule has 2 N–H and O–H groups in total. The van der Waals surface area contributed by atoms with Gasteiger partial charge in [0.15, 0.2) is 0 Å². The van der Waals surface area contributed by atoms with Gasteiger partial charge in [0, 0.05) is 0 Å². The largest absolute Gasteiger partial charge is 0.493 e. The van der Waals surface area contributed by atoms with E-state index in [1.165, 1.54) is 12.1 Å². The normalized spacial score (nSPS) is 10.5. The molecule has 0 aliphatic rings. The number of carboxylic acid groups (broad SMARTS) is 1. The maximum absolute atomic E-state index is 10.8. The minimum atomic E-state index is -0.979. The van der Waals surface area contributed by atoms with Crippen LogP contribution in [0.1, 0.15) is 17.3 Å². The molecule has 0 fully saturated rings. The van der Waals surface area contributed by atoms with E-state index in [0.29, 0.717) is 17.9 Å². The molecule has 0 aliphatic carbocycles. The summed E-state index contributed by atoms with van der Waals surface area (Å²) in [6.45, 7) is 2.34. The van der Waals surface area contributed by atoms with Gasteiger partial charge < -0.3 is 9.84 Å². The Balaban J connectivity index is 2.63. The van der Waals surface area contributed by atoms with Crippen LogP contribution in [0.25, 0.3) is 10.9 Å². The first-order valence-electron chi connectivity index (χ1n) is 4.55. The number of carbonyl (C=O) groups is 1. The van der Waals surface area contributed by atoms with Crippen LogP contribution in [0.3, 0.4) is 0 Å². The van der Waals surface area contributed by atoms with Gasteiger partial charge in [0.25, 0.3) is 0 Å². The molecule has 0 radical (unpaired) electrons. The summed E-state index contributed by atoms with van der Waals surface area (Å²) in [7, 11) is 0. The van der Waals surface area contributed by atoms with Crippen LogP contribution in [-0.4, -0.2) is 27.9 Å². The van der Waals surface area contributed by atoms with Crippen molar-refractivity contribution in [3.63, 3.8) is 0 Å². The van der Waals surface area contributed by atoms with Crippen molar-refractivity contribution in [1.29, 1.82) is 0 Å². The van der Waals surface area contributed by atoms with Crippen molar-refractivity contribution >= 4 is 16.9 Å². The number of fused-ring (bicyclic) bond motifs is 1. The van der Waals surface area contributed by atoms with Crippen LogP contribution < -0.4 is 4.74 Å². The standard InChI is InChI=1S/C10H10N2O3/c1-2-15-9-4-6(10(13)14)3-8-7(9)5-11-12-8/h3-5H,2H2,1H3,(H,11,12)(H,13,14). The van der Waals surface area contributed by atoms with E-state index in [0.717, 1.165) is 5.39 Å². The molecule has 0 atom stereocenters. The van der Waals surface area contributed by atoms with E-state index in [1.54, 1.807) is 6.20 Å². The molecule has 1 aromatic carbocycles. The fourth-order valence-electron chi connectivity index (χ4n) is 1.42. The zero-order valence-corrected chi connectivity index (χ0v) is 8.15. The minimum absolute atomic E-state index is 0.190. The smallest absolute Gasteiger partial charge is 0.335 e. The van der Waals surface area contributed by atoms with Crippen LogP contribution in [0.15, 0.2) is 18.3 Å². The predicted molar refractivity (Wildman–Crippen MR) is 54.2 cm³/mol. The number of H-pyrrole nitrogens is 1. The molecular formula is C10H10N2O3. The summed E-state index contributed by atoms with van der Waals surface area (Å²) in [5.74, 6) is -0.436. The number of hydrogen-bond acceptors (Lipinski definition) is 3. The molecule has 0 spiro atoms. The van der Waals surface area contributed by atoms with E-state index in [-0.39, 0.29) is 5.56 Å². The highest BCUT2D eigenvalue weighted by atomic mass is 16.5. The molecule has 0 saturated heterocycles. The van der Waals surface area contributed by atoms with Gasteiger partial charge in [0.1, 0.15) is 5.75 Å². The molecule has 2 aromatic rings. The number of nitrogens with zero attached hydrogens (tertiary/aromatic N) is 1. The molecule has 0 saturated carbocycles. The van der Waals surface area contributed by atoms with Gasteiger partial charge in [-0.15, -0.1) is 0 Å². The van der Waals surface area contributed by atoms with Crippen molar-refractivity contribution in [3.05, 3.63) is 23.9 Å². The summed E-state index contributed by atoms with van der Waals surface area (Å²) in [6.07, 6.45) is 1.62. The monoisotopic (exact) mass is 206 g/mol. The Kier molecular flexibility index (Phi) is 2.29. The van der Waals surface area contributed by atoms with Crippen LogP contribution in [0.5, 0.6) is 5.75 Å². The van der Waals surface area contributed by atoms with Gasteiger partial charge in [-0.3, -0.25) is 5.10 Å². The lowest BCUT2D eigenvalue weighted by molar-refractivity contribution is 0.0696. The van der Waals surface area contributed by atoms with Crippen molar-refractivity contribution in [2.75, 3.05) is 6.61 Å². The Hall–Kier alpha value is -2.04. The maximum atomic E-state index is 10.8. The summed E-state index contributed by atoms with van der Waals surface area (Å²) in [5.41, 5.74) is 0.855. The fourth-order valence-corrected chi connectivity index (χ4v) is 1.42. The number of hydrogen-bond donors (Lipinski definition) is 2. The Bertz CT molecular complexity index is 504. The van der Waals surface area contributed by atoms with Crippen molar-refractivity contribution in [2.45, 2.75) is 6.92 Å². The molecular weight excluding hydrogens is 196 g/mol. The van der Waals surface area contributed by atoms with Crippen LogP contribution in [0, 0.1) is 0 Å². The number of aromatic carboxylic acids is 1. The number of aromatic nitrogens is 2. The van der Waals surface area contributed by atoms with Crippen LogP contribution in [0.4, 0.5) is 0 Å². The van der Waals surface area contributed by atoms with E-state index < -0.39 is 5.97 Å². The van der Waals surface area contributed by atoms with E-state index >= 15 is 0 Å². The lowest BCUT2D eigenvalue weighted by Crippen LogP contribution is -1.99. The second kappa shape index (κ2) is 3.61. The van der Waals surface area contributed by atoms with Gasteiger partial charge in [0.05, 0.1) is 29.3 Å². The SMILES string of the molecule is CCOc1cc(C(=O)O)cc2[nH]ncc12. The minimum Gasteiger partial charge on any atom is -0.493 e. The molecule has 1 heterocycles. The van der Waals surface area contributed by atoms with Gasteiger partial charge in [0.2, 0.25) is 0 Å². The summed E-state index contributed by atoms with van der Waals surface area (Å²) in [5, 5.41) is 16.2. The molecule has 0 aliphatic heterocycles. The molecule has 0 unspecified atom stereocenters. The number of aromatic amines is 1. The maximum Gasteiger partial charge on any atom is 0.335 e. The molecule has 15 heavy (non-hydrogen) atoms. The number of ether oxygens (including phenoxy) is 1. The zero-order valence-electron chi connectivity index (χ0n) is 8.15. The topological polar surface area (TPSA) is 75.2 Å². The summed E-state index contributed by atoms with van der Waals surface area (Å²) in [6, 6.07) is 3.04. The number of rotatable bonds is 3. The zero-order chi connectivity index (χ0) is 10.8. The van der Waals surface area contributed by atoms with E-state index in [2.05, 4.69) is 10.2 Å². The molecule has 78 valence electrons. The molecule has 2 rings (SSSR count). The lowest BCUT2D eigenvalue weighted by atomic mass is 10.1. The van der Waals surface area contributed by atoms with E-state index in [1.807, 2.05) is 6.92 Å². The third kappa shape index (κ3) is 1.63. The Labute approximate surface area is 85.7 Å². The first kappa shape index (κ1) is 9.51. The number of carboxylic acids is 1. The molecule has 5 heteroatoms. The number of benzene rings is 1. The second-order valence-corrected chi connectivity index (χ2v) is 3.04. The van der Waals surface area contributed by atoms with Crippen LogP contribution >= 0.6 is 0 Å². The second-order valence-electron chi connectivity index (χ2n) is 3.04. The van der Waals surface area contributed by atoms with Gasteiger partial charge in [-0.1, -0.05) is 0 Å². The Morgan fingerprint density at radius 2 is 2.40 bits per heavy atom. The lowest BCUT2D eigenvalue weighted by Gasteiger charge is -2.05. The van der Waals surface area contributed by atoms with E-state index in [9.17, 15) is 4.79 Å². The fraction of sp³-hybridized carbons (Fsp3) is 0.200.